The van der Waals surface area contributed by atoms with Crippen LogP contribution in [0.4, 0.5) is 10.1 Å². The highest BCUT2D eigenvalue weighted by atomic mass is 19.1. The van der Waals surface area contributed by atoms with Crippen molar-refractivity contribution < 1.29 is 23.5 Å². The molecule has 3 heterocycles. The van der Waals surface area contributed by atoms with E-state index in [2.05, 4.69) is 50.9 Å². The Morgan fingerprint density at radius 2 is 1.86 bits per heavy atom. The van der Waals surface area contributed by atoms with Crippen LogP contribution in [0.5, 0.6) is 0 Å². The Balaban J connectivity index is 1.08. The summed E-state index contributed by atoms with van der Waals surface area (Å²) in [6.07, 6.45) is 8.14. The van der Waals surface area contributed by atoms with E-state index in [0.29, 0.717) is 49.4 Å². The summed E-state index contributed by atoms with van der Waals surface area (Å²) in [6, 6.07) is 12.8. The molecule has 2 unspecified atom stereocenters. The molecule has 2 saturated heterocycles. The van der Waals surface area contributed by atoms with Crippen LogP contribution < -0.4 is 15.5 Å². The lowest BCUT2D eigenvalue weighted by Gasteiger charge is -2.30. The molecule has 6 rings (SSSR count). The largest absolute Gasteiger partial charge is 0.378 e. The van der Waals surface area contributed by atoms with Gasteiger partial charge in [0.05, 0.1) is 31.3 Å². The van der Waals surface area contributed by atoms with Gasteiger partial charge in [-0.3, -0.25) is 14.4 Å². The Kier molecular flexibility index (Phi) is 8.88. The van der Waals surface area contributed by atoms with Crippen molar-refractivity contribution in [1.29, 1.82) is 0 Å². The van der Waals surface area contributed by atoms with Crippen molar-refractivity contribution in [3.8, 4) is 0 Å². The first-order valence-corrected chi connectivity index (χ1v) is 15.4. The number of pyridine rings is 1. The monoisotopic (exact) mass is 599 g/mol. The van der Waals surface area contributed by atoms with E-state index in [1.807, 2.05) is 6.92 Å². The highest BCUT2D eigenvalue weighted by molar-refractivity contribution is 5.97. The number of aromatic nitrogens is 1. The highest BCUT2D eigenvalue weighted by Crippen LogP contribution is 2.33. The molecule has 3 aromatic rings. The van der Waals surface area contributed by atoms with Gasteiger partial charge in [0, 0.05) is 30.7 Å². The zero-order valence-corrected chi connectivity index (χ0v) is 24.9. The lowest BCUT2D eigenvalue weighted by Crippen LogP contribution is -2.49. The second-order valence-corrected chi connectivity index (χ2v) is 11.8. The van der Waals surface area contributed by atoms with E-state index in [9.17, 15) is 18.8 Å². The first-order valence-electron chi connectivity index (χ1n) is 15.4. The van der Waals surface area contributed by atoms with Crippen LogP contribution in [0.15, 0.2) is 54.6 Å². The summed E-state index contributed by atoms with van der Waals surface area (Å²) >= 11 is 0. The van der Waals surface area contributed by atoms with Gasteiger partial charge in [0.15, 0.2) is 0 Å². The Morgan fingerprint density at radius 1 is 1.05 bits per heavy atom. The van der Waals surface area contributed by atoms with Crippen LogP contribution in [0, 0.1) is 11.7 Å². The van der Waals surface area contributed by atoms with Crippen LogP contribution in [0.25, 0.3) is 17.0 Å². The average Bonchev–Trinajstić information content (AvgIpc) is 3.74. The number of carbonyl (C=O) groups is 3. The molecule has 10 heteroatoms. The molecule has 230 valence electrons. The van der Waals surface area contributed by atoms with E-state index in [4.69, 9.17) is 4.74 Å². The van der Waals surface area contributed by atoms with Gasteiger partial charge in [-0.05, 0) is 86.1 Å². The van der Waals surface area contributed by atoms with Gasteiger partial charge in [0.25, 0.3) is 5.91 Å². The van der Waals surface area contributed by atoms with Crippen LogP contribution in [-0.4, -0.2) is 73.0 Å². The summed E-state index contributed by atoms with van der Waals surface area (Å²) in [5.74, 6) is -0.791. The second kappa shape index (κ2) is 13.1. The third-order valence-electron chi connectivity index (χ3n) is 8.60. The standard InChI is InChI=1S/C34H38FN5O4/c1-22(28-11-10-27(39-15-17-44-18-16-39)20-24(28)7-6-23-4-5-23)37-34(43)31-3-2-14-40(31)32(41)21-36-33(42)30-12-8-25-19-26(35)9-13-29(25)38-30/h6-13,19-20,22-23,31H,2-5,14-18,21H2,1H3,(H,36,42)(H,37,43)/b7-6+. The number of nitrogens with zero attached hydrogens (tertiary/aromatic N) is 3. The molecule has 2 atom stereocenters. The number of fused-ring (bicyclic) bond motifs is 1. The summed E-state index contributed by atoms with van der Waals surface area (Å²) in [5, 5.41) is 6.36. The number of morpholine rings is 1. The number of amides is 3. The SMILES string of the molecule is CC(NC(=O)C1CCCN1C(=O)CNC(=O)c1ccc2cc(F)ccc2n1)c1ccc(N2CCOCC2)cc1/C=C/C1CC1. The van der Waals surface area contributed by atoms with Crippen LogP contribution in [0.2, 0.25) is 0 Å². The smallest absolute Gasteiger partial charge is 0.270 e. The fraction of sp³-hybridized carbons (Fsp3) is 0.412. The van der Waals surface area contributed by atoms with E-state index in [0.717, 1.165) is 29.9 Å². The van der Waals surface area contributed by atoms with Gasteiger partial charge in [-0.15, -0.1) is 0 Å². The average molecular weight is 600 g/mol. The Bertz CT molecular complexity index is 1580. The fourth-order valence-electron chi connectivity index (χ4n) is 5.94. The number of carbonyl (C=O) groups excluding carboxylic acids is 3. The predicted octanol–water partition coefficient (Wildman–Crippen LogP) is 4.23. The van der Waals surface area contributed by atoms with E-state index in [-0.39, 0.29) is 35.9 Å². The number of likely N-dealkylation sites (tertiary alicyclic amines) is 1. The topological polar surface area (TPSA) is 104 Å². The van der Waals surface area contributed by atoms with Gasteiger partial charge in [-0.1, -0.05) is 24.3 Å². The maximum Gasteiger partial charge on any atom is 0.270 e. The molecule has 1 saturated carbocycles. The molecule has 0 spiro atoms. The van der Waals surface area contributed by atoms with Crippen molar-refractivity contribution in [2.75, 3.05) is 44.3 Å². The van der Waals surface area contributed by atoms with Crippen molar-refractivity contribution in [3.05, 3.63) is 77.2 Å². The summed E-state index contributed by atoms with van der Waals surface area (Å²) in [6.45, 7) is 5.30. The molecular weight excluding hydrogens is 561 g/mol. The lowest BCUT2D eigenvalue weighted by atomic mass is 9.98. The van der Waals surface area contributed by atoms with E-state index in [1.54, 1.807) is 11.0 Å². The predicted molar refractivity (Wildman–Crippen MR) is 167 cm³/mol. The van der Waals surface area contributed by atoms with Crippen LogP contribution in [0.3, 0.4) is 0 Å². The molecule has 3 amide bonds. The molecule has 1 aliphatic carbocycles. The number of hydrogen-bond donors (Lipinski definition) is 2. The van der Waals surface area contributed by atoms with E-state index in [1.165, 1.54) is 37.1 Å². The van der Waals surface area contributed by atoms with Gasteiger partial charge < -0.3 is 25.2 Å². The molecule has 2 N–H and O–H groups in total. The number of anilines is 1. The molecule has 3 aliphatic rings. The van der Waals surface area contributed by atoms with Crippen molar-refractivity contribution in [1.82, 2.24) is 20.5 Å². The molecule has 9 nitrogen and oxygen atoms in total. The highest BCUT2D eigenvalue weighted by Gasteiger charge is 2.35. The molecule has 0 radical (unpaired) electrons. The number of benzene rings is 2. The van der Waals surface area contributed by atoms with E-state index >= 15 is 0 Å². The minimum absolute atomic E-state index is 0.132. The molecule has 2 aromatic carbocycles. The quantitative estimate of drug-likeness (QED) is 0.382. The zero-order valence-electron chi connectivity index (χ0n) is 24.9. The molecule has 1 aromatic heterocycles. The van der Waals surface area contributed by atoms with Crippen molar-refractivity contribution in [3.63, 3.8) is 0 Å². The Labute approximate surface area is 256 Å². The normalized spacial score (nSPS) is 19.4. The maximum absolute atomic E-state index is 13.5. The van der Waals surface area contributed by atoms with Gasteiger partial charge in [-0.2, -0.15) is 0 Å². The van der Waals surface area contributed by atoms with Gasteiger partial charge in [0.1, 0.15) is 17.6 Å². The number of ether oxygens (including phenoxy) is 1. The van der Waals surface area contributed by atoms with Crippen LogP contribution in [-0.2, 0) is 14.3 Å². The molecule has 44 heavy (non-hydrogen) atoms. The summed E-state index contributed by atoms with van der Waals surface area (Å²) < 4.78 is 19.0. The number of nitrogens with one attached hydrogen (secondary N) is 2. The van der Waals surface area contributed by atoms with Gasteiger partial charge in [-0.25, -0.2) is 9.37 Å². The van der Waals surface area contributed by atoms with Crippen LogP contribution in [0.1, 0.15) is 60.3 Å². The molecule has 0 bridgehead atoms. The first-order chi connectivity index (χ1) is 21.4. The van der Waals surface area contributed by atoms with Crippen molar-refractivity contribution >= 4 is 40.4 Å². The number of halogens is 1. The number of rotatable bonds is 9. The van der Waals surface area contributed by atoms with Gasteiger partial charge in [0.2, 0.25) is 11.8 Å². The maximum atomic E-state index is 13.5. The zero-order chi connectivity index (χ0) is 30.6. The number of hydrogen-bond acceptors (Lipinski definition) is 6. The van der Waals surface area contributed by atoms with Crippen LogP contribution >= 0.6 is 0 Å². The first kappa shape index (κ1) is 29.7. The second-order valence-electron chi connectivity index (χ2n) is 11.8. The summed E-state index contributed by atoms with van der Waals surface area (Å²) in [4.78, 5) is 47.5. The van der Waals surface area contributed by atoms with Gasteiger partial charge >= 0.3 is 0 Å². The molecule has 3 fully saturated rings. The lowest BCUT2D eigenvalue weighted by molar-refractivity contribution is -0.137. The van der Waals surface area contributed by atoms with Crippen molar-refractivity contribution in [2.24, 2.45) is 5.92 Å². The Hall–Kier alpha value is -4.31. The number of allylic oxidation sites excluding steroid dienone is 1. The minimum atomic E-state index is -0.603. The fourth-order valence-corrected chi connectivity index (χ4v) is 5.94. The van der Waals surface area contributed by atoms with E-state index < -0.39 is 11.9 Å². The Morgan fingerprint density at radius 3 is 2.66 bits per heavy atom. The summed E-state index contributed by atoms with van der Waals surface area (Å²) in [7, 11) is 0. The third kappa shape index (κ3) is 6.91. The minimum Gasteiger partial charge on any atom is -0.378 e. The molecule has 2 aliphatic heterocycles. The van der Waals surface area contributed by atoms with Crippen molar-refractivity contribution in [2.45, 2.75) is 44.7 Å². The third-order valence-corrected chi connectivity index (χ3v) is 8.60. The summed E-state index contributed by atoms with van der Waals surface area (Å²) in [5.41, 5.74) is 3.88. The molecular formula is C34H38FN5O4.